The van der Waals surface area contributed by atoms with Gasteiger partial charge in [-0.2, -0.15) is 12.8 Å². The molecule has 0 atom stereocenters. The van der Waals surface area contributed by atoms with Crippen LogP contribution in [0.2, 0.25) is 0 Å². The predicted molar refractivity (Wildman–Crippen MR) is 33.3 cm³/mol. The Morgan fingerprint density at radius 3 is 1.29 bits per heavy atom. The number of hydrogen-bond acceptors (Lipinski definition) is 1. The van der Waals surface area contributed by atoms with Gasteiger partial charge in [-0.1, -0.05) is 0 Å². The third-order valence-corrected chi connectivity index (χ3v) is 0.500. The molecular weight excluding hydrogens is 289 g/mol. The minimum absolute atomic E-state index is 0. The van der Waals surface area contributed by atoms with E-state index in [-0.39, 0.29) is 35.9 Å². The zero-order chi connectivity index (χ0) is 4.12. The Hall–Kier alpha value is 1.09. The molecule has 0 amide bonds. The first-order valence-corrected chi connectivity index (χ1v) is 2.00. The molecule has 0 bridgehead atoms. The summed E-state index contributed by atoms with van der Waals surface area (Å²) >= 11 is 0. The number of hydrogen-bond donors (Lipinski definition) is 0. The van der Waals surface area contributed by atoms with Gasteiger partial charge < -0.3 is 27.3 Å². The second-order valence-corrected chi connectivity index (χ2v) is 1.06. The van der Waals surface area contributed by atoms with Crippen molar-refractivity contribution in [3.8, 4) is 0 Å². The van der Waals surface area contributed by atoms with E-state index < -0.39 is 0 Å². The summed E-state index contributed by atoms with van der Waals surface area (Å²) in [5.74, 6) is 0. The molecule has 0 aliphatic heterocycles. The molecule has 0 rings (SSSR count). The Kier molecular flexibility index (Phi) is 35.2. The van der Waals surface area contributed by atoms with Gasteiger partial charge in [0.25, 0.3) is 0 Å². The van der Waals surface area contributed by atoms with Gasteiger partial charge in [-0.25, -0.2) is 0 Å². The van der Waals surface area contributed by atoms with E-state index in [1.165, 1.54) is 6.42 Å². The van der Waals surface area contributed by atoms with E-state index in [2.05, 4.69) is 13.8 Å². The van der Waals surface area contributed by atoms with Gasteiger partial charge in [-0.05, 0) is 0 Å². The minimum Gasteiger partial charge on any atom is -0.813 e. The minimum atomic E-state index is 0. The van der Waals surface area contributed by atoms with E-state index in [4.69, 9.17) is 0 Å². The Morgan fingerprint density at radius 1 is 1.00 bits per heavy atom. The maximum Gasteiger partial charge on any atom is 3.00 e. The first kappa shape index (κ1) is 15.7. The molecule has 0 aromatic heterocycles. The summed E-state index contributed by atoms with van der Waals surface area (Å²) in [5, 5.41) is 0. The van der Waals surface area contributed by atoms with E-state index >= 15 is 0 Å². The van der Waals surface area contributed by atoms with Crippen LogP contribution in [0.4, 0.5) is 0 Å². The van der Waals surface area contributed by atoms with Crippen LogP contribution >= 0.6 is 0 Å². The molecule has 0 heterocycles. The molecule has 0 aliphatic carbocycles. The molecule has 0 aromatic rings. The fourth-order valence-electron chi connectivity index (χ4n) is 0.177. The van der Waals surface area contributed by atoms with Gasteiger partial charge >= 0.3 is 22.4 Å². The molecule has 48 valence electrons. The van der Waals surface area contributed by atoms with Crippen LogP contribution in [0.3, 0.4) is 0 Å². The van der Waals surface area contributed by atoms with Crippen LogP contribution in [0, 0.1) is 13.8 Å². The number of thiol groups is 1. The summed E-state index contributed by atoms with van der Waals surface area (Å²) in [4.78, 5) is 0. The number of rotatable bonds is 2. The molecule has 0 aliphatic rings. The van der Waals surface area contributed by atoms with Crippen LogP contribution < -0.4 is 0 Å². The first-order valence-electron chi connectivity index (χ1n) is 2.00. The first-order chi connectivity index (χ1) is 2.41. The maximum atomic E-state index is 3.64. The molecule has 0 aromatic carbocycles. The van der Waals surface area contributed by atoms with E-state index in [1.807, 2.05) is 0 Å². The third kappa shape index (κ3) is 19.2. The van der Waals surface area contributed by atoms with E-state index in [1.54, 1.807) is 0 Å². The molecule has 2 heteroatoms. The van der Waals surface area contributed by atoms with Crippen molar-refractivity contribution in [3.63, 3.8) is 0 Å². The van der Waals surface area contributed by atoms with Crippen LogP contribution in [0.1, 0.15) is 19.3 Å². The van der Waals surface area contributed by atoms with Gasteiger partial charge in [-0.15, -0.1) is 6.42 Å². The SMILES string of the molecule is [Au+3].[CH2-]CCC[CH2-].[SH-]. The van der Waals surface area contributed by atoms with Crippen molar-refractivity contribution in [2.24, 2.45) is 0 Å². The van der Waals surface area contributed by atoms with Crippen molar-refractivity contribution in [2.75, 3.05) is 0 Å². The summed E-state index contributed by atoms with van der Waals surface area (Å²) in [6.07, 6.45) is 3.23. The second kappa shape index (κ2) is 15.7. The number of unbranched alkanes of at least 4 members (excludes halogenated alkanes) is 2. The fraction of sp³-hybridized carbons (Fsp3) is 0.600. The third-order valence-electron chi connectivity index (χ3n) is 0.500. The van der Waals surface area contributed by atoms with Gasteiger partial charge in [0.05, 0.1) is 0 Å². The predicted octanol–water partition coefficient (Wildman–Crippen LogP) is 1.55. The molecular formula is C5H11AuS. The molecule has 0 unspecified atom stereocenters. The van der Waals surface area contributed by atoms with Gasteiger partial charge in [-0.3, -0.25) is 0 Å². The van der Waals surface area contributed by atoms with Crippen LogP contribution in [-0.2, 0) is 35.9 Å². The summed E-state index contributed by atoms with van der Waals surface area (Å²) in [7, 11) is 0. The molecule has 0 fully saturated rings. The molecule has 0 saturated carbocycles. The Labute approximate surface area is 69.0 Å². The summed E-state index contributed by atoms with van der Waals surface area (Å²) in [6.45, 7) is 7.27. The monoisotopic (exact) mass is 300 g/mol. The smallest absolute Gasteiger partial charge is 0.813 e. The molecule has 0 nitrogen and oxygen atoms in total. The summed E-state index contributed by atoms with van der Waals surface area (Å²) in [6, 6.07) is 0. The van der Waals surface area contributed by atoms with Gasteiger partial charge in [0.2, 0.25) is 0 Å². The average molecular weight is 300 g/mol. The van der Waals surface area contributed by atoms with Crippen LogP contribution in [-0.4, -0.2) is 0 Å². The van der Waals surface area contributed by atoms with Crippen LogP contribution in [0.15, 0.2) is 0 Å². The van der Waals surface area contributed by atoms with Crippen LogP contribution in [0.5, 0.6) is 0 Å². The Morgan fingerprint density at radius 2 is 1.29 bits per heavy atom. The molecule has 7 heavy (non-hydrogen) atoms. The van der Waals surface area contributed by atoms with Gasteiger partial charge in [0, 0.05) is 0 Å². The maximum absolute atomic E-state index is 3.64. The average Bonchev–Trinajstić information content (AvgIpc) is 1.41. The van der Waals surface area contributed by atoms with Gasteiger partial charge in [0.15, 0.2) is 0 Å². The Balaban J connectivity index is -0.0000000800. The zero-order valence-electron chi connectivity index (χ0n) is 4.28. The zero-order valence-corrected chi connectivity index (χ0v) is 7.35. The summed E-state index contributed by atoms with van der Waals surface area (Å²) in [5.41, 5.74) is 0. The Bertz CT molecular complexity index is 15.6. The standard InChI is InChI=1S/C5H10.Au.H2S/c1-3-5-4-2;;/h1-5H2;;1H2/q-2;+3;/p-1. The molecule has 0 N–H and O–H groups in total. The van der Waals surface area contributed by atoms with Crippen molar-refractivity contribution in [1.29, 1.82) is 0 Å². The quantitative estimate of drug-likeness (QED) is 0.323. The molecule has 0 spiro atoms. The molecule has 0 saturated heterocycles. The van der Waals surface area contributed by atoms with Crippen molar-refractivity contribution in [3.05, 3.63) is 13.8 Å². The van der Waals surface area contributed by atoms with Gasteiger partial charge in [0.1, 0.15) is 0 Å². The summed E-state index contributed by atoms with van der Waals surface area (Å²) < 4.78 is 0. The molecule has 0 radical (unpaired) electrons. The second-order valence-electron chi connectivity index (χ2n) is 1.06. The van der Waals surface area contributed by atoms with Crippen molar-refractivity contribution >= 4 is 13.5 Å². The largest absolute Gasteiger partial charge is 3.00 e. The van der Waals surface area contributed by atoms with Crippen molar-refractivity contribution in [2.45, 2.75) is 19.3 Å². The van der Waals surface area contributed by atoms with E-state index in [0.717, 1.165) is 12.8 Å². The van der Waals surface area contributed by atoms with E-state index in [9.17, 15) is 0 Å². The van der Waals surface area contributed by atoms with E-state index in [0.29, 0.717) is 0 Å². The fourth-order valence-corrected chi connectivity index (χ4v) is 0.177. The van der Waals surface area contributed by atoms with Crippen molar-refractivity contribution in [1.82, 2.24) is 0 Å². The normalized spacial score (nSPS) is 6.00. The van der Waals surface area contributed by atoms with Crippen LogP contribution in [0.25, 0.3) is 0 Å². The van der Waals surface area contributed by atoms with Crippen molar-refractivity contribution < 1.29 is 22.4 Å². The topological polar surface area (TPSA) is 0 Å².